The highest BCUT2D eigenvalue weighted by Gasteiger charge is 2.26. The van der Waals surface area contributed by atoms with Gasteiger partial charge in [-0.1, -0.05) is 30.3 Å². The van der Waals surface area contributed by atoms with Crippen LogP contribution in [0.2, 0.25) is 0 Å². The van der Waals surface area contributed by atoms with E-state index >= 15 is 0 Å². The van der Waals surface area contributed by atoms with Crippen molar-refractivity contribution in [2.45, 2.75) is 44.9 Å². The van der Waals surface area contributed by atoms with Gasteiger partial charge < -0.3 is 10.4 Å². The van der Waals surface area contributed by atoms with Crippen molar-refractivity contribution in [1.29, 1.82) is 0 Å². The first-order valence-electron chi connectivity index (χ1n) is 12.8. The van der Waals surface area contributed by atoms with Crippen molar-refractivity contribution >= 4 is 17.8 Å². The molecule has 2 aromatic heterocycles. The molecular weight excluding hydrogens is 499 g/mol. The highest BCUT2D eigenvalue weighted by molar-refractivity contribution is 6.04. The highest BCUT2D eigenvalue weighted by Crippen LogP contribution is 2.22. The molecule has 2 amide bonds. The number of hydrogen-bond acceptors (Lipinski definition) is 5. The summed E-state index contributed by atoms with van der Waals surface area (Å²) in [6.07, 6.45) is 5.05. The van der Waals surface area contributed by atoms with E-state index in [4.69, 9.17) is 0 Å². The second kappa shape index (κ2) is 12.0. The minimum Gasteiger partial charge on any atom is -0.387 e. The molecule has 1 unspecified atom stereocenters. The molecule has 0 spiro atoms. The van der Waals surface area contributed by atoms with E-state index in [1.807, 2.05) is 68.0 Å². The number of rotatable bonds is 11. The van der Waals surface area contributed by atoms with Gasteiger partial charge in [0.2, 0.25) is 11.9 Å². The van der Waals surface area contributed by atoms with Gasteiger partial charge in [-0.15, -0.1) is 0 Å². The van der Waals surface area contributed by atoms with Crippen LogP contribution in [-0.2, 0) is 18.3 Å². The van der Waals surface area contributed by atoms with Crippen molar-refractivity contribution in [3.8, 4) is 16.8 Å². The van der Waals surface area contributed by atoms with Crippen LogP contribution in [0.1, 0.15) is 42.7 Å². The number of nitrogens with zero attached hydrogens (tertiary/aromatic N) is 4. The zero-order chi connectivity index (χ0) is 28.0. The SMILES string of the molecule is Cn1cc(-c2cccc(C(=O)Nc3nc(CCCC(=O)NCC(F)C(C)(C)O)cn3-c3ccccc3)c2)cn1. The van der Waals surface area contributed by atoms with Gasteiger partial charge in [0.1, 0.15) is 6.17 Å². The van der Waals surface area contributed by atoms with Crippen LogP contribution in [0.5, 0.6) is 0 Å². The number of alkyl halides is 1. The first-order chi connectivity index (χ1) is 18.6. The van der Waals surface area contributed by atoms with Gasteiger partial charge in [-0.3, -0.25) is 24.2 Å². The molecule has 39 heavy (non-hydrogen) atoms. The third-order valence-electron chi connectivity index (χ3n) is 6.26. The van der Waals surface area contributed by atoms with Crippen LogP contribution in [0.4, 0.5) is 10.3 Å². The Morgan fingerprint density at radius 2 is 1.85 bits per heavy atom. The van der Waals surface area contributed by atoms with Gasteiger partial charge >= 0.3 is 0 Å². The smallest absolute Gasteiger partial charge is 0.258 e. The van der Waals surface area contributed by atoms with E-state index in [-0.39, 0.29) is 24.8 Å². The lowest BCUT2D eigenvalue weighted by atomic mass is 10.0. The fourth-order valence-corrected chi connectivity index (χ4v) is 3.98. The molecule has 204 valence electrons. The quantitative estimate of drug-likeness (QED) is 0.269. The molecule has 2 aromatic carbocycles. The van der Waals surface area contributed by atoms with Crippen molar-refractivity contribution in [1.82, 2.24) is 24.6 Å². The Morgan fingerprint density at radius 3 is 2.54 bits per heavy atom. The molecule has 1 atom stereocenters. The van der Waals surface area contributed by atoms with Gasteiger partial charge in [-0.2, -0.15) is 5.10 Å². The van der Waals surface area contributed by atoms with E-state index < -0.39 is 11.8 Å². The monoisotopic (exact) mass is 532 g/mol. The lowest BCUT2D eigenvalue weighted by Crippen LogP contribution is -2.42. The van der Waals surface area contributed by atoms with E-state index in [2.05, 4.69) is 20.7 Å². The van der Waals surface area contributed by atoms with Gasteiger partial charge in [0.25, 0.3) is 5.91 Å². The number of benzene rings is 2. The summed E-state index contributed by atoms with van der Waals surface area (Å²) in [4.78, 5) is 30.0. The van der Waals surface area contributed by atoms with Gasteiger partial charge in [0, 0.05) is 42.7 Å². The van der Waals surface area contributed by atoms with Crippen LogP contribution in [0, 0.1) is 0 Å². The van der Waals surface area contributed by atoms with Crippen LogP contribution in [-0.4, -0.2) is 54.6 Å². The first kappa shape index (κ1) is 27.7. The Morgan fingerprint density at radius 1 is 1.08 bits per heavy atom. The number of aliphatic hydroxyl groups is 1. The summed E-state index contributed by atoms with van der Waals surface area (Å²) in [5.74, 6) is -0.240. The summed E-state index contributed by atoms with van der Waals surface area (Å²) < 4.78 is 17.4. The van der Waals surface area contributed by atoms with Crippen LogP contribution in [0.25, 0.3) is 16.8 Å². The minimum atomic E-state index is -1.56. The number of halogens is 1. The molecule has 3 N–H and O–H groups in total. The summed E-state index contributed by atoms with van der Waals surface area (Å²) in [6, 6.07) is 16.8. The highest BCUT2D eigenvalue weighted by atomic mass is 19.1. The van der Waals surface area contributed by atoms with Crippen LogP contribution in [0.15, 0.2) is 73.2 Å². The van der Waals surface area contributed by atoms with Crippen molar-refractivity contribution in [3.63, 3.8) is 0 Å². The standard InChI is InChI=1S/C29H33FN6O3/c1-29(2,39)25(30)17-31-26(37)14-8-11-23-19-36(24-12-5-4-6-13-24)28(33-23)34-27(38)21-10-7-9-20(15-21)22-16-32-35(3)18-22/h4-7,9-10,12-13,15-16,18-19,25,39H,8,11,14,17H2,1-3H3,(H,31,37)(H,33,34,38). The second-order valence-corrected chi connectivity index (χ2v) is 9.98. The molecular formula is C29H33FN6O3. The van der Waals surface area contributed by atoms with E-state index in [1.165, 1.54) is 13.8 Å². The number of aryl methyl sites for hydroxylation is 2. The Bertz CT molecular complexity index is 1420. The summed E-state index contributed by atoms with van der Waals surface area (Å²) in [6.45, 7) is 2.48. The van der Waals surface area contributed by atoms with E-state index in [0.717, 1.165) is 16.8 Å². The normalized spacial score (nSPS) is 12.2. The fourth-order valence-electron chi connectivity index (χ4n) is 3.98. The Labute approximate surface area is 226 Å². The molecule has 9 nitrogen and oxygen atoms in total. The maximum absolute atomic E-state index is 13.9. The molecule has 4 aromatic rings. The maximum Gasteiger partial charge on any atom is 0.258 e. The maximum atomic E-state index is 13.9. The molecule has 2 heterocycles. The van der Waals surface area contributed by atoms with Gasteiger partial charge in [0.05, 0.1) is 24.0 Å². The number of para-hydroxylation sites is 1. The fraction of sp³-hybridized carbons (Fsp3) is 0.310. The largest absolute Gasteiger partial charge is 0.387 e. The molecule has 0 saturated carbocycles. The van der Waals surface area contributed by atoms with Gasteiger partial charge in [-0.25, -0.2) is 9.37 Å². The Balaban J connectivity index is 1.44. The number of nitrogens with one attached hydrogen (secondary N) is 2. The van der Waals surface area contributed by atoms with Crippen LogP contribution in [0.3, 0.4) is 0 Å². The molecule has 0 radical (unpaired) electrons. The third-order valence-corrected chi connectivity index (χ3v) is 6.26. The lowest BCUT2D eigenvalue weighted by molar-refractivity contribution is -0.121. The number of hydrogen-bond donors (Lipinski definition) is 3. The second-order valence-electron chi connectivity index (χ2n) is 9.98. The van der Waals surface area contributed by atoms with Crippen LogP contribution >= 0.6 is 0 Å². The van der Waals surface area contributed by atoms with Crippen molar-refractivity contribution in [2.24, 2.45) is 7.05 Å². The lowest BCUT2D eigenvalue weighted by Gasteiger charge is -2.22. The Kier molecular flexibility index (Phi) is 8.55. The molecule has 0 fully saturated rings. The average molecular weight is 533 g/mol. The molecule has 0 aliphatic heterocycles. The van der Waals surface area contributed by atoms with E-state index in [0.29, 0.717) is 30.0 Å². The number of carbonyl (C=O) groups excluding carboxylic acids is 2. The van der Waals surface area contributed by atoms with Crippen LogP contribution < -0.4 is 10.6 Å². The number of amides is 2. The minimum absolute atomic E-state index is 0.180. The predicted octanol–water partition coefficient (Wildman–Crippen LogP) is 4.07. The predicted molar refractivity (Wildman–Crippen MR) is 147 cm³/mol. The third kappa shape index (κ3) is 7.38. The van der Waals surface area contributed by atoms with Crippen molar-refractivity contribution in [2.75, 3.05) is 11.9 Å². The summed E-state index contributed by atoms with van der Waals surface area (Å²) >= 11 is 0. The number of aromatic nitrogens is 4. The molecule has 0 bridgehead atoms. The topological polar surface area (TPSA) is 114 Å². The van der Waals surface area contributed by atoms with Crippen molar-refractivity contribution < 1.29 is 19.1 Å². The summed E-state index contributed by atoms with van der Waals surface area (Å²) in [5.41, 5.74) is 2.28. The first-order valence-corrected chi connectivity index (χ1v) is 12.8. The molecule has 10 heteroatoms. The zero-order valence-electron chi connectivity index (χ0n) is 22.3. The van der Waals surface area contributed by atoms with Crippen molar-refractivity contribution in [3.05, 3.63) is 84.4 Å². The molecule has 0 saturated heterocycles. The Hall–Kier alpha value is -4.31. The molecule has 4 rings (SSSR count). The molecule has 0 aliphatic carbocycles. The average Bonchev–Trinajstić information content (AvgIpc) is 3.53. The summed E-state index contributed by atoms with van der Waals surface area (Å²) in [7, 11) is 1.84. The van der Waals surface area contributed by atoms with Gasteiger partial charge in [-0.05, 0) is 56.5 Å². The number of anilines is 1. The van der Waals surface area contributed by atoms with E-state index in [1.54, 1.807) is 21.5 Å². The number of imidazole rings is 1. The number of carbonyl (C=O) groups is 2. The molecule has 0 aliphatic rings. The van der Waals surface area contributed by atoms with E-state index in [9.17, 15) is 19.1 Å². The van der Waals surface area contributed by atoms with Gasteiger partial charge in [0.15, 0.2) is 0 Å². The zero-order valence-corrected chi connectivity index (χ0v) is 22.3. The summed E-state index contributed by atoms with van der Waals surface area (Å²) in [5, 5.41) is 19.3.